The van der Waals surface area contributed by atoms with E-state index in [9.17, 15) is 0 Å². The number of nitrogens with one attached hydrogen (secondary N) is 1. The molecule has 1 aromatic carbocycles. The molecule has 21 heavy (non-hydrogen) atoms. The van der Waals surface area contributed by atoms with Gasteiger partial charge in [0.1, 0.15) is 11.5 Å². The van der Waals surface area contributed by atoms with Gasteiger partial charge in [-0.25, -0.2) is 4.98 Å². The van der Waals surface area contributed by atoms with Crippen molar-refractivity contribution >= 4 is 27.5 Å². The summed E-state index contributed by atoms with van der Waals surface area (Å²) in [4.78, 5) is 4.19. The molecule has 0 unspecified atom stereocenters. The molecule has 0 saturated carbocycles. The molecule has 0 saturated heterocycles. The van der Waals surface area contributed by atoms with Gasteiger partial charge >= 0.3 is 0 Å². The highest BCUT2D eigenvalue weighted by Gasteiger charge is 2.08. The number of ether oxygens (including phenoxy) is 2. The summed E-state index contributed by atoms with van der Waals surface area (Å²) in [6.07, 6.45) is 1.60. The number of nitrogens with zero attached hydrogens (tertiary/aromatic N) is 1. The predicted octanol–water partition coefficient (Wildman–Crippen LogP) is 4.41. The summed E-state index contributed by atoms with van der Waals surface area (Å²) in [5.74, 6) is 1.92. The third-order valence-corrected chi connectivity index (χ3v) is 3.79. The SMILES string of the molecule is CCNCc1cc(Oc2ccc(OC)cc2Br)ncc1Cl. The first-order valence-corrected chi connectivity index (χ1v) is 7.67. The van der Waals surface area contributed by atoms with Crippen LogP contribution in [0.5, 0.6) is 17.4 Å². The Balaban J connectivity index is 2.19. The summed E-state index contributed by atoms with van der Waals surface area (Å²) in [5.41, 5.74) is 0.952. The molecule has 1 aromatic heterocycles. The lowest BCUT2D eigenvalue weighted by molar-refractivity contribution is 0.411. The van der Waals surface area contributed by atoms with E-state index in [1.165, 1.54) is 0 Å². The summed E-state index contributed by atoms with van der Waals surface area (Å²) in [6.45, 7) is 3.60. The summed E-state index contributed by atoms with van der Waals surface area (Å²) in [7, 11) is 1.62. The third-order valence-electron chi connectivity index (χ3n) is 2.83. The van der Waals surface area contributed by atoms with E-state index in [4.69, 9.17) is 21.1 Å². The normalized spacial score (nSPS) is 10.5. The van der Waals surface area contributed by atoms with Crippen LogP contribution in [0.2, 0.25) is 5.02 Å². The van der Waals surface area contributed by atoms with E-state index in [0.717, 1.165) is 22.3 Å². The summed E-state index contributed by atoms with van der Waals surface area (Å²) >= 11 is 9.57. The van der Waals surface area contributed by atoms with Crippen molar-refractivity contribution < 1.29 is 9.47 Å². The van der Waals surface area contributed by atoms with E-state index in [0.29, 0.717) is 23.2 Å². The minimum atomic E-state index is 0.498. The first-order valence-electron chi connectivity index (χ1n) is 6.50. The summed E-state index contributed by atoms with van der Waals surface area (Å²) < 4.78 is 11.7. The maximum Gasteiger partial charge on any atom is 0.219 e. The van der Waals surface area contributed by atoms with Gasteiger partial charge in [0.25, 0.3) is 0 Å². The monoisotopic (exact) mass is 370 g/mol. The fourth-order valence-electron chi connectivity index (χ4n) is 1.71. The lowest BCUT2D eigenvalue weighted by Crippen LogP contribution is -2.12. The Bertz CT molecular complexity index is 623. The van der Waals surface area contributed by atoms with Gasteiger partial charge in [0, 0.05) is 18.8 Å². The Hall–Kier alpha value is -1.30. The average molecular weight is 372 g/mol. The predicted molar refractivity (Wildman–Crippen MR) is 87.4 cm³/mol. The number of aromatic nitrogens is 1. The second-order valence-electron chi connectivity index (χ2n) is 4.29. The van der Waals surface area contributed by atoms with Crippen molar-refractivity contribution in [3.8, 4) is 17.4 Å². The van der Waals surface area contributed by atoms with Crippen LogP contribution in [0.25, 0.3) is 0 Å². The van der Waals surface area contributed by atoms with E-state index in [1.807, 2.05) is 31.2 Å². The van der Waals surface area contributed by atoms with Crippen LogP contribution in [0.3, 0.4) is 0 Å². The fraction of sp³-hybridized carbons (Fsp3) is 0.267. The topological polar surface area (TPSA) is 43.4 Å². The van der Waals surface area contributed by atoms with Crippen LogP contribution in [0.1, 0.15) is 12.5 Å². The highest BCUT2D eigenvalue weighted by molar-refractivity contribution is 9.10. The lowest BCUT2D eigenvalue weighted by atomic mass is 10.2. The maximum absolute atomic E-state index is 6.12. The average Bonchev–Trinajstić information content (AvgIpc) is 2.49. The van der Waals surface area contributed by atoms with Gasteiger partial charge in [-0.05, 0) is 46.2 Å². The molecule has 0 aliphatic carbocycles. The third kappa shape index (κ3) is 4.33. The van der Waals surface area contributed by atoms with Crippen molar-refractivity contribution in [2.24, 2.45) is 0 Å². The molecular weight excluding hydrogens is 356 g/mol. The van der Waals surface area contributed by atoms with Crippen LogP contribution in [-0.2, 0) is 6.54 Å². The molecule has 112 valence electrons. The van der Waals surface area contributed by atoms with Gasteiger partial charge in [0.15, 0.2) is 0 Å². The zero-order valence-electron chi connectivity index (χ0n) is 11.8. The number of benzene rings is 1. The number of hydrogen-bond acceptors (Lipinski definition) is 4. The zero-order valence-corrected chi connectivity index (χ0v) is 14.2. The minimum absolute atomic E-state index is 0.498. The van der Waals surface area contributed by atoms with Gasteiger partial charge in [-0.15, -0.1) is 0 Å². The van der Waals surface area contributed by atoms with Crippen LogP contribution in [-0.4, -0.2) is 18.6 Å². The Morgan fingerprint density at radius 1 is 1.33 bits per heavy atom. The van der Waals surface area contributed by atoms with Crippen LogP contribution in [0, 0.1) is 0 Å². The Morgan fingerprint density at radius 3 is 2.81 bits per heavy atom. The number of halogens is 2. The molecule has 1 heterocycles. The molecular formula is C15H16BrClN2O2. The van der Waals surface area contributed by atoms with Crippen LogP contribution < -0.4 is 14.8 Å². The second kappa shape index (κ2) is 7.64. The van der Waals surface area contributed by atoms with Gasteiger partial charge in [0.2, 0.25) is 5.88 Å². The van der Waals surface area contributed by atoms with Crippen molar-refractivity contribution in [3.63, 3.8) is 0 Å². The highest BCUT2D eigenvalue weighted by Crippen LogP contribution is 2.32. The van der Waals surface area contributed by atoms with E-state index in [2.05, 4.69) is 26.2 Å². The van der Waals surface area contributed by atoms with E-state index < -0.39 is 0 Å². The van der Waals surface area contributed by atoms with Crippen LogP contribution >= 0.6 is 27.5 Å². The van der Waals surface area contributed by atoms with E-state index in [-0.39, 0.29) is 0 Å². The van der Waals surface area contributed by atoms with Crippen molar-refractivity contribution in [2.45, 2.75) is 13.5 Å². The van der Waals surface area contributed by atoms with Crippen molar-refractivity contribution in [2.75, 3.05) is 13.7 Å². The number of rotatable bonds is 6. The van der Waals surface area contributed by atoms with Crippen LogP contribution in [0.4, 0.5) is 0 Å². The van der Waals surface area contributed by atoms with Gasteiger partial charge < -0.3 is 14.8 Å². The summed E-state index contributed by atoms with van der Waals surface area (Å²) in [5, 5.41) is 3.85. The van der Waals surface area contributed by atoms with Gasteiger partial charge in [-0.3, -0.25) is 0 Å². The molecule has 0 aliphatic heterocycles. The fourth-order valence-corrected chi connectivity index (χ4v) is 2.32. The van der Waals surface area contributed by atoms with Crippen molar-refractivity contribution in [3.05, 3.63) is 45.5 Å². The van der Waals surface area contributed by atoms with Crippen molar-refractivity contribution in [1.29, 1.82) is 0 Å². The second-order valence-corrected chi connectivity index (χ2v) is 5.55. The number of methoxy groups -OCH3 is 1. The van der Waals surface area contributed by atoms with Crippen LogP contribution in [0.15, 0.2) is 34.9 Å². The first-order chi connectivity index (χ1) is 10.1. The standard InChI is InChI=1S/C15H16BrClN2O2/c1-3-18-8-10-6-15(19-9-13(10)17)21-14-5-4-11(20-2)7-12(14)16/h4-7,9,18H,3,8H2,1-2H3. The zero-order chi connectivity index (χ0) is 15.2. The molecule has 0 spiro atoms. The van der Waals surface area contributed by atoms with Gasteiger partial charge in [-0.1, -0.05) is 18.5 Å². The van der Waals surface area contributed by atoms with Gasteiger partial charge in [-0.2, -0.15) is 0 Å². The molecule has 0 fully saturated rings. The molecule has 1 N–H and O–H groups in total. The quantitative estimate of drug-likeness (QED) is 0.817. The summed E-state index contributed by atoms with van der Waals surface area (Å²) in [6, 6.07) is 7.32. The maximum atomic E-state index is 6.12. The molecule has 0 atom stereocenters. The van der Waals surface area contributed by atoms with Crippen molar-refractivity contribution in [1.82, 2.24) is 10.3 Å². The number of hydrogen-bond donors (Lipinski definition) is 1. The molecule has 6 heteroatoms. The van der Waals surface area contributed by atoms with Gasteiger partial charge in [0.05, 0.1) is 16.6 Å². The lowest BCUT2D eigenvalue weighted by Gasteiger charge is -2.10. The van der Waals surface area contributed by atoms with E-state index >= 15 is 0 Å². The molecule has 2 aromatic rings. The Kier molecular flexibility index (Phi) is 5.85. The molecule has 0 aliphatic rings. The number of pyridine rings is 1. The first kappa shape index (κ1) is 16.1. The molecule has 2 rings (SSSR count). The smallest absolute Gasteiger partial charge is 0.219 e. The Labute approximate surface area is 137 Å². The minimum Gasteiger partial charge on any atom is -0.497 e. The molecule has 0 radical (unpaired) electrons. The Morgan fingerprint density at radius 2 is 2.14 bits per heavy atom. The molecule has 0 amide bonds. The largest absolute Gasteiger partial charge is 0.497 e. The molecule has 0 bridgehead atoms. The highest BCUT2D eigenvalue weighted by atomic mass is 79.9. The molecule has 4 nitrogen and oxygen atoms in total. The van der Waals surface area contributed by atoms with E-state index in [1.54, 1.807) is 13.3 Å².